The summed E-state index contributed by atoms with van der Waals surface area (Å²) in [6.45, 7) is 3.75. The van der Waals surface area contributed by atoms with E-state index in [4.69, 9.17) is 0 Å². The summed E-state index contributed by atoms with van der Waals surface area (Å²) in [5.74, 6) is -0.183. The number of aromatic hydroxyl groups is 1. The fraction of sp³-hybridized carbons (Fsp3) is 0.250. The summed E-state index contributed by atoms with van der Waals surface area (Å²) in [6.07, 6.45) is 0.690. The van der Waals surface area contributed by atoms with Crippen LogP contribution in [0.5, 0.6) is 5.75 Å². The summed E-state index contributed by atoms with van der Waals surface area (Å²) in [6, 6.07) is 9.43. The SMILES string of the molecule is CCC(C)c1cc(S(=O)(=O)[O-])c(-n2nc3ccccc3n2)cc1O.[Na+]. The van der Waals surface area contributed by atoms with Gasteiger partial charge >= 0.3 is 29.6 Å². The number of aromatic nitrogens is 3. The van der Waals surface area contributed by atoms with Crippen LogP contribution in [0, 0.1) is 0 Å². The van der Waals surface area contributed by atoms with Crippen molar-refractivity contribution in [3.63, 3.8) is 0 Å². The number of fused-ring (bicyclic) bond motifs is 1. The van der Waals surface area contributed by atoms with Gasteiger partial charge in [0.05, 0.1) is 4.90 Å². The number of phenols is 1. The Morgan fingerprint density at radius 2 is 1.76 bits per heavy atom. The van der Waals surface area contributed by atoms with E-state index in [0.29, 0.717) is 23.0 Å². The predicted octanol–water partition coefficient (Wildman–Crippen LogP) is -0.452. The van der Waals surface area contributed by atoms with Crippen molar-refractivity contribution in [3.05, 3.63) is 42.0 Å². The Morgan fingerprint density at radius 1 is 1.20 bits per heavy atom. The van der Waals surface area contributed by atoms with Gasteiger partial charge in [0.25, 0.3) is 0 Å². The molecule has 2 aromatic carbocycles. The van der Waals surface area contributed by atoms with Crippen LogP contribution in [0.3, 0.4) is 0 Å². The quantitative estimate of drug-likeness (QED) is 0.493. The van der Waals surface area contributed by atoms with Gasteiger partial charge in [-0.3, -0.25) is 0 Å². The Morgan fingerprint density at radius 3 is 2.24 bits per heavy atom. The Balaban J connectivity index is 0.00000225. The van der Waals surface area contributed by atoms with E-state index in [1.807, 2.05) is 13.8 Å². The third-order valence-electron chi connectivity index (χ3n) is 4.02. The summed E-state index contributed by atoms with van der Waals surface area (Å²) >= 11 is 0. The molecule has 0 aliphatic carbocycles. The van der Waals surface area contributed by atoms with Crippen LogP contribution >= 0.6 is 0 Å². The molecule has 0 radical (unpaired) electrons. The Bertz CT molecular complexity index is 984. The van der Waals surface area contributed by atoms with Crippen LogP contribution in [0.2, 0.25) is 0 Å². The van der Waals surface area contributed by atoms with Crippen LogP contribution in [-0.4, -0.2) is 33.1 Å². The van der Waals surface area contributed by atoms with Gasteiger partial charge in [-0.2, -0.15) is 0 Å². The second-order valence-corrected chi connectivity index (χ2v) is 6.97. The van der Waals surface area contributed by atoms with Crippen molar-refractivity contribution in [3.8, 4) is 11.4 Å². The molecule has 0 spiro atoms. The number of rotatable bonds is 4. The van der Waals surface area contributed by atoms with Crippen LogP contribution in [0.25, 0.3) is 16.7 Å². The molecule has 3 aromatic rings. The maximum Gasteiger partial charge on any atom is 1.00 e. The first-order valence-corrected chi connectivity index (χ1v) is 8.87. The largest absolute Gasteiger partial charge is 1.00 e. The van der Waals surface area contributed by atoms with Gasteiger partial charge in [0, 0.05) is 6.07 Å². The smallest absolute Gasteiger partial charge is 0.744 e. The monoisotopic (exact) mass is 369 g/mol. The molecule has 0 amide bonds. The van der Waals surface area contributed by atoms with Crippen molar-refractivity contribution in [2.75, 3.05) is 0 Å². The first kappa shape index (κ1) is 19.9. The standard InChI is InChI=1S/C16H17N3O4S.Na/c1-3-10(2)11-8-16(24(21,22)23)14(9-15(11)20)19-17-12-6-4-5-7-13(12)18-19;/h4-10,20H,3H2,1-2H3,(H,21,22,23);/q;+1/p-1. The van der Waals surface area contributed by atoms with E-state index in [1.54, 1.807) is 24.3 Å². The molecule has 0 aliphatic rings. The maximum absolute atomic E-state index is 11.7. The summed E-state index contributed by atoms with van der Waals surface area (Å²) < 4.78 is 35.1. The number of hydrogen-bond donors (Lipinski definition) is 1. The number of nitrogens with zero attached hydrogens (tertiary/aromatic N) is 3. The maximum atomic E-state index is 11.7. The topological polar surface area (TPSA) is 108 Å². The van der Waals surface area contributed by atoms with Gasteiger partial charge in [-0.25, -0.2) is 8.42 Å². The van der Waals surface area contributed by atoms with E-state index in [-0.39, 0.29) is 46.9 Å². The molecule has 1 aromatic heterocycles. The molecule has 0 saturated heterocycles. The van der Waals surface area contributed by atoms with Crippen molar-refractivity contribution >= 4 is 21.2 Å². The molecule has 1 unspecified atom stereocenters. The molecule has 25 heavy (non-hydrogen) atoms. The Hall–Kier alpha value is -1.45. The Kier molecular flexibility index (Phi) is 5.90. The zero-order valence-electron chi connectivity index (χ0n) is 14.2. The zero-order valence-corrected chi connectivity index (χ0v) is 17.0. The molecule has 126 valence electrons. The van der Waals surface area contributed by atoms with Crippen LogP contribution in [0.1, 0.15) is 31.7 Å². The second kappa shape index (κ2) is 7.43. The molecular formula is C16H16N3NaO4S. The minimum atomic E-state index is -4.76. The predicted molar refractivity (Wildman–Crippen MR) is 87.2 cm³/mol. The van der Waals surface area contributed by atoms with Crippen LogP contribution in [0.4, 0.5) is 0 Å². The van der Waals surface area contributed by atoms with Gasteiger partial charge in [0.15, 0.2) is 0 Å². The summed E-state index contributed by atoms with van der Waals surface area (Å²) in [5.41, 5.74) is 1.45. The molecule has 1 heterocycles. The summed E-state index contributed by atoms with van der Waals surface area (Å²) in [7, 11) is -4.76. The summed E-state index contributed by atoms with van der Waals surface area (Å²) in [5, 5.41) is 18.6. The van der Waals surface area contributed by atoms with E-state index in [9.17, 15) is 18.1 Å². The third kappa shape index (κ3) is 3.88. The number of phenolic OH excluding ortho intramolecular Hbond substituents is 1. The van der Waals surface area contributed by atoms with Gasteiger partial charge in [-0.05, 0) is 36.1 Å². The van der Waals surface area contributed by atoms with E-state index in [0.717, 1.165) is 4.80 Å². The van der Waals surface area contributed by atoms with Crippen LogP contribution < -0.4 is 29.6 Å². The van der Waals surface area contributed by atoms with Crippen molar-refractivity contribution in [2.24, 2.45) is 0 Å². The normalized spacial score (nSPS) is 12.8. The van der Waals surface area contributed by atoms with Gasteiger partial charge in [-0.1, -0.05) is 26.0 Å². The Labute approximate surface area is 167 Å². The summed E-state index contributed by atoms with van der Waals surface area (Å²) in [4.78, 5) is 0.617. The average molecular weight is 369 g/mol. The van der Waals surface area contributed by atoms with Crippen molar-refractivity contribution in [1.82, 2.24) is 15.0 Å². The van der Waals surface area contributed by atoms with E-state index in [2.05, 4.69) is 10.2 Å². The average Bonchev–Trinajstić information content (AvgIpc) is 2.96. The fourth-order valence-electron chi connectivity index (χ4n) is 2.51. The first-order chi connectivity index (χ1) is 11.3. The zero-order chi connectivity index (χ0) is 17.5. The van der Waals surface area contributed by atoms with Gasteiger partial charge in [0.2, 0.25) is 0 Å². The van der Waals surface area contributed by atoms with Crippen molar-refractivity contribution in [1.29, 1.82) is 0 Å². The minimum absolute atomic E-state index is 0. The fourth-order valence-corrected chi connectivity index (χ4v) is 3.18. The van der Waals surface area contributed by atoms with Gasteiger partial charge < -0.3 is 9.66 Å². The molecule has 7 nitrogen and oxygen atoms in total. The van der Waals surface area contributed by atoms with Crippen molar-refractivity contribution < 1.29 is 47.6 Å². The minimum Gasteiger partial charge on any atom is -0.744 e. The molecule has 0 fully saturated rings. The molecule has 3 rings (SSSR count). The molecule has 0 aliphatic heterocycles. The second-order valence-electron chi connectivity index (χ2n) is 5.62. The number of hydrogen-bond acceptors (Lipinski definition) is 6. The first-order valence-electron chi connectivity index (χ1n) is 7.46. The van der Waals surface area contributed by atoms with E-state index in [1.165, 1.54) is 12.1 Å². The number of benzene rings is 2. The molecule has 9 heteroatoms. The molecule has 0 saturated carbocycles. The molecular weight excluding hydrogens is 353 g/mol. The van der Waals surface area contributed by atoms with Crippen molar-refractivity contribution in [2.45, 2.75) is 31.1 Å². The van der Waals surface area contributed by atoms with Crippen LogP contribution in [-0.2, 0) is 10.1 Å². The van der Waals surface area contributed by atoms with Crippen LogP contribution in [0.15, 0.2) is 41.3 Å². The van der Waals surface area contributed by atoms with Gasteiger partial charge in [0.1, 0.15) is 32.6 Å². The van der Waals surface area contributed by atoms with Gasteiger partial charge in [-0.15, -0.1) is 15.0 Å². The van der Waals surface area contributed by atoms with E-state index < -0.39 is 15.0 Å². The third-order valence-corrected chi connectivity index (χ3v) is 4.89. The van der Waals surface area contributed by atoms with E-state index >= 15 is 0 Å². The molecule has 1 atom stereocenters. The molecule has 1 N–H and O–H groups in total. The molecule has 0 bridgehead atoms.